The number of unbranched alkanes of at least 4 members (excludes halogenated alkanes) is 3. The van der Waals surface area contributed by atoms with Crippen LogP contribution >= 0.6 is 15.9 Å². The van der Waals surface area contributed by atoms with Crippen LogP contribution in [0.25, 0.3) is 0 Å². The van der Waals surface area contributed by atoms with Gasteiger partial charge in [-0.3, -0.25) is 0 Å². The Kier molecular flexibility index (Phi) is 7.09. The molecular formula is C14H24BrN3. The summed E-state index contributed by atoms with van der Waals surface area (Å²) < 4.78 is 0.916. The molecule has 1 heterocycles. The topological polar surface area (TPSA) is 50.9 Å². The van der Waals surface area contributed by atoms with Crippen molar-refractivity contribution >= 4 is 27.4 Å². The van der Waals surface area contributed by atoms with E-state index in [1.807, 2.05) is 6.07 Å². The summed E-state index contributed by atoms with van der Waals surface area (Å²) in [6.07, 6.45) is 8.22. The van der Waals surface area contributed by atoms with Crippen LogP contribution in [0.5, 0.6) is 0 Å². The first-order valence-corrected chi connectivity index (χ1v) is 7.53. The number of nitrogens with one attached hydrogen (secondary N) is 1. The Labute approximate surface area is 119 Å². The monoisotopic (exact) mass is 313 g/mol. The second-order valence-corrected chi connectivity index (χ2v) is 6.03. The maximum absolute atomic E-state index is 5.86. The predicted octanol–water partition coefficient (Wildman–Crippen LogP) is 4.44. The van der Waals surface area contributed by atoms with E-state index in [1.165, 1.54) is 32.1 Å². The minimum absolute atomic E-state index is 0.698. The van der Waals surface area contributed by atoms with Crippen LogP contribution < -0.4 is 11.1 Å². The van der Waals surface area contributed by atoms with Crippen molar-refractivity contribution in [2.75, 3.05) is 17.6 Å². The third-order valence-corrected chi connectivity index (χ3v) is 3.32. The maximum atomic E-state index is 5.86. The second kappa shape index (κ2) is 8.35. The Morgan fingerprint density at radius 1 is 1.28 bits per heavy atom. The number of halogens is 1. The highest BCUT2D eigenvalue weighted by atomic mass is 79.9. The molecule has 0 atom stereocenters. The number of aromatic nitrogens is 1. The van der Waals surface area contributed by atoms with E-state index in [4.69, 9.17) is 5.73 Å². The third kappa shape index (κ3) is 6.24. The standard InChI is InChI=1S/C14H24BrN3/c1-11(2)7-5-3-4-6-8-17-14-13(16)9-12(15)10-18-14/h9-11H,3-8,16H2,1-2H3,(H,17,18). The van der Waals surface area contributed by atoms with Crippen LogP contribution in [0.2, 0.25) is 0 Å². The van der Waals surface area contributed by atoms with Crippen LogP contribution in [0.3, 0.4) is 0 Å². The fraction of sp³-hybridized carbons (Fsp3) is 0.643. The molecule has 102 valence electrons. The van der Waals surface area contributed by atoms with Gasteiger partial charge in [0.05, 0.1) is 5.69 Å². The number of hydrogen-bond acceptors (Lipinski definition) is 3. The summed E-state index contributed by atoms with van der Waals surface area (Å²) >= 11 is 3.35. The van der Waals surface area contributed by atoms with Gasteiger partial charge < -0.3 is 11.1 Å². The third-order valence-electron chi connectivity index (χ3n) is 2.88. The highest BCUT2D eigenvalue weighted by molar-refractivity contribution is 9.10. The lowest BCUT2D eigenvalue weighted by atomic mass is 10.0. The van der Waals surface area contributed by atoms with Crippen molar-refractivity contribution in [3.63, 3.8) is 0 Å². The minimum atomic E-state index is 0.698. The van der Waals surface area contributed by atoms with Crippen molar-refractivity contribution in [2.24, 2.45) is 5.92 Å². The molecule has 1 rings (SSSR count). The van der Waals surface area contributed by atoms with Crippen molar-refractivity contribution < 1.29 is 0 Å². The van der Waals surface area contributed by atoms with Crippen molar-refractivity contribution in [3.05, 3.63) is 16.7 Å². The molecule has 0 spiro atoms. The lowest BCUT2D eigenvalue weighted by molar-refractivity contribution is 0.523. The zero-order valence-electron chi connectivity index (χ0n) is 11.4. The average molecular weight is 314 g/mol. The van der Waals surface area contributed by atoms with Crippen LogP contribution in [0.15, 0.2) is 16.7 Å². The van der Waals surface area contributed by atoms with E-state index in [9.17, 15) is 0 Å². The zero-order valence-corrected chi connectivity index (χ0v) is 13.0. The van der Waals surface area contributed by atoms with Gasteiger partial charge in [0, 0.05) is 17.2 Å². The van der Waals surface area contributed by atoms with Gasteiger partial charge in [-0.1, -0.05) is 39.5 Å². The normalized spacial score (nSPS) is 10.9. The number of pyridine rings is 1. The zero-order chi connectivity index (χ0) is 13.4. The molecule has 1 aromatic rings. The van der Waals surface area contributed by atoms with Gasteiger partial charge >= 0.3 is 0 Å². The number of hydrogen-bond donors (Lipinski definition) is 2. The number of nitrogens with zero attached hydrogens (tertiary/aromatic N) is 1. The quantitative estimate of drug-likeness (QED) is 0.697. The Bertz CT molecular complexity index is 353. The Hall–Kier alpha value is -0.770. The lowest BCUT2D eigenvalue weighted by Gasteiger charge is -2.08. The van der Waals surface area contributed by atoms with Crippen LogP contribution in [-0.4, -0.2) is 11.5 Å². The molecule has 4 heteroatoms. The van der Waals surface area contributed by atoms with Gasteiger partial charge in [-0.2, -0.15) is 0 Å². The molecule has 3 nitrogen and oxygen atoms in total. The summed E-state index contributed by atoms with van der Waals surface area (Å²) in [4.78, 5) is 4.25. The van der Waals surface area contributed by atoms with Gasteiger partial charge in [0.25, 0.3) is 0 Å². The summed E-state index contributed by atoms with van der Waals surface area (Å²) in [6.45, 7) is 5.51. The largest absolute Gasteiger partial charge is 0.396 e. The molecule has 0 radical (unpaired) electrons. The molecule has 0 aromatic carbocycles. The summed E-state index contributed by atoms with van der Waals surface area (Å²) in [5.74, 6) is 1.62. The number of anilines is 2. The van der Waals surface area contributed by atoms with Crippen LogP contribution in [0.4, 0.5) is 11.5 Å². The fourth-order valence-corrected chi connectivity index (χ4v) is 2.19. The number of nitrogens with two attached hydrogens (primary N) is 1. The smallest absolute Gasteiger partial charge is 0.149 e. The van der Waals surface area contributed by atoms with Gasteiger partial charge in [0.2, 0.25) is 0 Å². The van der Waals surface area contributed by atoms with Gasteiger partial charge in [-0.05, 0) is 34.3 Å². The summed E-state index contributed by atoms with van der Waals surface area (Å²) in [5, 5.41) is 3.28. The first-order chi connectivity index (χ1) is 8.59. The van der Waals surface area contributed by atoms with Crippen molar-refractivity contribution in [2.45, 2.75) is 46.0 Å². The summed E-state index contributed by atoms with van der Waals surface area (Å²) in [6, 6.07) is 1.87. The molecule has 0 amide bonds. The van der Waals surface area contributed by atoms with Crippen LogP contribution in [-0.2, 0) is 0 Å². The Morgan fingerprint density at radius 2 is 2.00 bits per heavy atom. The molecule has 0 aliphatic rings. The highest BCUT2D eigenvalue weighted by Crippen LogP contribution is 2.19. The molecule has 0 saturated carbocycles. The van der Waals surface area contributed by atoms with Crippen LogP contribution in [0.1, 0.15) is 46.0 Å². The molecule has 0 unspecified atom stereocenters. The average Bonchev–Trinajstić information content (AvgIpc) is 2.30. The van der Waals surface area contributed by atoms with E-state index in [2.05, 4.69) is 40.1 Å². The van der Waals surface area contributed by atoms with Crippen LogP contribution in [0, 0.1) is 5.92 Å². The molecule has 18 heavy (non-hydrogen) atoms. The van der Waals surface area contributed by atoms with E-state index in [1.54, 1.807) is 6.20 Å². The molecule has 0 aliphatic heterocycles. The van der Waals surface area contributed by atoms with E-state index < -0.39 is 0 Å². The molecule has 0 aliphatic carbocycles. The number of nitrogen functional groups attached to an aromatic ring is 1. The summed E-state index contributed by atoms with van der Waals surface area (Å²) in [5.41, 5.74) is 6.56. The molecule has 3 N–H and O–H groups in total. The van der Waals surface area contributed by atoms with Gasteiger partial charge in [-0.25, -0.2) is 4.98 Å². The molecule has 0 saturated heterocycles. The Balaban J connectivity index is 2.11. The minimum Gasteiger partial charge on any atom is -0.396 e. The summed E-state index contributed by atoms with van der Waals surface area (Å²) in [7, 11) is 0. The first kappa shape index (κ1) is 15.3. The SMILES string of the molecule is CC(C)CCCCCCNc1ncc(Br)cc1N. The maximum Gasteiger partial charge on any atom is 0.149 e. The second-order valence-electron chi connectivity index (χ2n) is 5.11. The van der Waals surface area contributed by atoms with E-state index in [0.29, 0.717) is 5.69 Å². The van der Waals surface area contributed by atoms with E-state index in [-0.39, 0.29) is 0 Å². The van der Waals surface area contributed by atoms with Gasteiger partial charge in [0.15, 0.2) is 0 Å². The van der Waals surface area contributed by atoms with Gasteiger partial charge in [0.1, 0.15) is 5.82 Å². The Morgan fingerprint density at radius 3 is 2.67 bits per heavy atom. The molecule has 0 fully saturated rings. The van der Waals surface area contributed by atoms with Gasteiger partial charge in [-0.15, -0.1) is 0 Å². The van der Waals surface area contributed by atoms with Crippen molar-refractivity contribution in [3.8, 4) is 0 Å². The van der Waals surface area contributed by atoms with Crippen molar-refractivity contribution in [1.82, 2.24) is 4.98 Å². The predicted molar refractivity (Wildman–Crippen MR) is 82.8 cm³/mol. The molecular weight excluding hydrogens is 290 g/mol. The first-order valence-electron chi connectivity index (χ1n) is 6.74. The molecule has 1 aromatic heterocycles. The fourth-order valence-electron chi connectivity index (χ4n) is 1.84. The number of rotatable bonds is 8. The molecule has 0 bridgehead atoms. The lowest BCUT2D eigenvalue weighted by Crippen LogP contribution is -2.06. The highest BCUT2D eigenvalue weighted by Gasteiger charge is 2.00. The van der Waals surface area contributed by atoms with E-state index >= 15 is 0 Å². The van der Waals surface area contributed by atoms with E-state index in [0.717, 1.165) is 22.8 Å². The van der Waals surface area contributed by atoms with Crippen molar-refractivity contribution in [1.29, 1.82) is 0 Å².